The summed E-state index contributed by atoms with van der Waals surface area (Å²) < 4.78 is 2.64. The fourth-order valence-corrected chi connectivity index (χ4v) is 2.37. The van der Waals surface area contributed by atoms with E-state index in [2.05, 4.69) is 21.0 Å². The molecular weight excluding hydrogens is 262 g/mol. The van der Waals surface area contributed by atoms with Crippen LogP contribution < -0.4 is 0 Å². The zero-order chi connectivity index (χ0) is 11.2. The van der Waals surface area contributed by atoms with Crippen LogP contribution in [0.15, 0.2) is 10.7 Å². The summed E-state index contributed by atoms with van der Waals surface area (Å²) in [5, 5.41) is 13.3. The van der Waals surface area contributed by atoms with Gasteiger partial charge in [0.1, 0.15) is 4.60 Å². The summed E-state index contributed by atoms with van der Waals surface area (Å²) >= 11 is 3.31. The van der Waals surface area contributed by atoms with Gasteiger partial charge >= 0.3 is 6.09 Å². The average Bonchev–Trinajstić information content (AvgIpc) is 2.53. The highest BCUT2D eigenvalue weighted by Gasteiger charge is 2.32. The van der Waals surface area contributed by atoms with Crippen molar-refractivity contribution < 1.29 is 9.90 Å². The van der Waals surface area contributed by atoms with E-state index in [-0.39, 0.29) is 12.1 Å². The van der Waals surface area contributed by atoms with Crippen LogP contribution in [0.1, 0.15) is 31.6 Å². The molecule has 6 heteroatoms. The van der Waals surface area contributed by atoms with Crippen LogP contribution in [0.25, 0.3) is 0 Å². The molecule has 0 fully saturated rings. The van der Waals surface area contributed by atoms with Crippen LogP contribution in [0.3, 0.4) is 0 Å². The van der Waals surface area contributed by atoms with E-state index >= 15 is 0 Å². The van der Waals surface area contributed by atoms with Crippen molar-refractivity contribution in [1.29, 1.82) is 0 Å². The van der Waals surface area contributed by atoms with Gasteiger partial charge in [0, 0.05) is 6.54 Å². The lowest BCUT2D eigenvalue weighted by molar-refractivity contribution is 0.102. The van der Waals surface area contributed by atoms with Gasteiger partial charge in [0.25, 0.3) is 0 Å². The molecule has 2 heterocycles. The minimum absolute atomic E-state index is 0.0820. The maximum absolute atomic E-state index is 11.0. The Bertz CT molecular complexity index is 404. The van der Waals surface area contributed by atoms with Gasteiger partial charge in [-0.15, -0.1) is 0 Å². The Morgan fingerprint density at radius 3 is 2.93 bits per heavy atom. The fraction of sp³-hybridized carbons (Fsp3) is 0.556. The first-order valence-electron chi connectivity index (χ1n) is 4.75. The van der Waals surface area contributed by atoms with E-state index in [1.54, 1.807) is 0 Å². The fourth-order valence-electron chi connectivity index (χ4n) is 1.97. The van der Waals surface area contributed by atoms with Crippen molar-refractivity contribution in [2.45, 2.75) is 25.9 Å². The third-order valence-corrected chi connectivity index (χ3v) is 3.14. The predicted molar refractivity (Wildman–Crippen MR) is 57.8 cm³/mol. The quantitative estimate of drug-likeness (QED) is 0.789. The van der Waals surface area contributed by atoms with Gasteiger partial charge in [-0.3, -0.25) is 9.58 Å². The average molecular weight is 274 g/mol. The van der Waals surface area contributed by atoms with Crippen LogP contribution >= 0.6 is 15.9 Å². The second kappa shape index (κ2) is 3.52. The Kier molecular flexibility index (Phi) is 2.46. The molecule has 82 valence electrons. The molecule has 0 unspecified atom stereocenters. The Balaban J connectivity index is 2.43. The minimum Gasteiger partial charge on any atom is -0.465 e. The number of fused-ring (bicyclic) bond motifs is 1. The van der Waals surface area contributed by atoms with Gasteiger partial charge in [-0.1, -0.05) is 0 Å². The third-order valence-electron chi connectivity index (χ3n) is 2.75. The smallest absolute Gasteiger partial charge is 0.407 e. The molecule has 1 aromatic rings. The van der Waals surface area contributed by atoms with E-state index < -0.39 is 6.09 Å². The minimum atomic E-state index is -0.877. The molecule has 2 rings (SSSR count). The predicted octanol–water partition coefficient (Wildman–Crippen LogP) is 2.26. The molecule has 0 aliphatic carbocycles. The van der Waals surface area contributed by atoms with Crippen LogP contribution in [-0.4, -0.2) is 32.4 Å². The zero-order valence-electron chi connectivity index (χ0n) is 8.51. The van der Waals surface area contributed by atoms with Crippen molar-refractivity contribution in [3.63, 3.8) is 0 Å². The van der Waals surface area contributed by atoms with Gasteiger partial charge in [0.05, 0.1) is 17.8 Å². The molecule has 1 N–H and O–H groups in total. The monoisotopic (exact) mass is 273 g/mol. The van der Waals surface area contributed by atoms with Crippen LogP contribution in [0.5, 0.6) is 0 Å². The van der Waals surface area contributed by atoms with Crippen molar-refractivity contribution in [1.82, 2.24) is 14.7 Å². The van der Waals surface area contributed by atoms with Crippen molar-refractivity contribution in [2.75, 3.05) is 6.54 Å². The molecule has 0 saturated heterocycles. The first kappa shape index (κ1) is 10.5. The highest BCUT2D eigenvalue weighted by atomic mass is 79.9. The maximum Gasteiger partial charge on any atom is 0.407 e. The number of halogens is 1. The largest absolute Gasteiger partial charge is 0.465 e. The van der Waals surface area contributed by atoms with E-state index in [4.69, 9.17) is 5.11 Å². The summed E-state index contributed by atoms with van der Waals surface area (Å²) in [4.78, 5) is 12.5. The standard InChI is InChI=1S/C9H12BrN3O2/c1-5-4-12(9(14)15)6(2)7-3-8(10)11-13(5)7/h3,5-6H,4H2,1-2H3,(H,14,15)/t5-,6+/m0/s1. The van der Waals surface area contributed by atoms with Gasteiger partial charge in [-0.25, -0.2) is 4.79 Å². The van der Waals surface area contributed by atoms with E-state index in [1.807, 2.05) is 24.6 Å². The number of rotatable bonds is 0. The molecule has 1 amide bonds. The highest BCUT2D eigenvalue weighted by Crippen LogP contribution is 2.31. The lowest BCUT2D eigenvalue weighted by Gasteiger charge is -2.35. The molecule has 1 aliphatic rings. The molecule has 0 aromatic carbocycles. The number of carboxylic acid groups (broad SMARTS) is 1. The van der Waals surface area contributed by atoms with Crippen molar-refractivity contribution >= 4 is 22.0 Å². The summed E-state index contributed by atoms with van der Waals surface area (Å²) in [6.07, 6.45) is -0.877. The maximum atomic E-state index is 11.0. The second-order valence-electron chi connectivity index (χ2n) is 3.80. The molecule has 0 radical (unpaired) electrons. The van der Waals surface area contributed by atoms with E-state index in [1.165, 1.54) is 4.90 Å². The van der Waals surface area contributed by atoms with Crippen molar-refractivity contribution in [3.05, 3.63) is 16.4 Å². The number of carbonyl (C=O) groups is 1. The lowest BCUT2D eigenvalue weighted by atomic mass is 10.1. The lowest BCUT2D eigenvalue weighted by Crippen LogP contribution is -2.42. The zero-order valence-corrected chi connectivity index (χ0v) is 10.1. The number of nitrogens with zero attached hydrogens (tertiary/aromatic N) is 3. The Labute approximate surface area is 95.8 Å². The topological polar surface area (TPSA) is 58.4 Å². The first-order valence-corrected chi connectivity index (χ1v) is 5.54. The summed E-state index contributed by atoms with van der Waals surface area (Å²) in [7, 11) is 0. The number of hydrogen-bond acceptors (Lipinski definition) is 2. The summed E-state index contributed by atoms with van der Waals surface area (Å²) in [5.41, 5.74) is 0.933. The summed E-state index contributed by atoms with van der Waals surface area (Å²) in [5.74, 6) is 0. The van der Waals surface area contributed by atoms with Gasteiger partial charge in [-0.05, 0) is 35.8 Å². The van der Waals surface area contributed by atoms with Gasteiger partial charge < -0.3 is 5.11 Å². The molecule has 1 aromatic heterocycles. The van der Waals surface area contributed by atoms with Crippen LogP contribution in [0.4, 0.5) is 4.79 Å². The Hall–Kier alpha value is -1.04. The third kappa shape index (κ3) is 1.62. The second-order valence-corrected chi connectivity index (χ2v) is 4.61. The molecule has 15 heavy (non-hydrogen) atoms. The normalized spacial score (nSPS) is 25.1. The summed E-state index contributed by atoms with van der Waals surface area (Å²) in [6, 6.07) is 1.81. The molecule has 2 atom stereocenters. The number of hydrogen-bond donors (Lipinski definition) is 1. The SMILES string of the molecule is C[C@@H]1c2cc(Br)nn2[C@@H](C)CN1C(=O)O. The highest BCUT2D eigenvalue weighted by molar-refractivity contribution is 9.10. The molecule has 1 aliphatic heterocycles. The van der Waals surface area contributed by atoms with Gasteiger partial charge in [0.15, 0.2) is 0 Å². The molecule has 0 spiro atoms. The summed E-state index contributed by atoms with van der Waals surface area (Å²) in [6.45, 7) is 4.32. The van der Waals surface area contributed by atoms with Crippen LogP contribution in [0, 0.1) is 0 Å². The van der Waals surface area contributed by atoms with Gasteiger partial charge in [0.2, 0.25) is 0 Å². The van der Waals surface area contributed by atoms with Crippen LogP contribution in [-0.2, 0) is 0 Å². The van der Waals surface area contributed by atoms with Gasteiger partial charge in [-0.2, -0.15) is 5.10 Å². The van der Waals surface area contributed by atoms with Crippen molar-refractivity contribution in [2.24, 2.45) is 0 Å². The molecule has 0 saturated carbocycles. The van der Waals surface area contributed by atoms with Crippen molar-refractivity contribution in [3.8, 4) is 0 Å². The van der Waals surface area contributed by atoms with E-state index in [0.717, 1.165) is 10.3 Å². The van der Waals surface area contributed by atoms with Crippen LogP contribution in [0.2, 0.25) is 0 Å². The Morgan fingerprint density at radius 1 is 1.67 bits per heavy atom. The number of aromatic nitrogens is 2. The first-order chi connectivity index (χ1) is 7.00. The molecular formula is C9H12BrN3O2. The molecule has 5 nitrogen and oxygen atoms in total. The van der Waals surface area contributed by atoms with E-state index in [0.29, 0.717) is 6.54 Å². The van der Waals surface area contributed by atoms with E-state index in [9.17, 15) is 4.79 Å². The Morgan fingerprint density at radius 2 is 2.33 bits per heavy atom. The number of amides is 1. The molecule has 0 bridgehead atoms.